The van der Waals surface area contributed by atoms with Crippen molar-refractivity contribution in [2.24, 2.45) is 0 Å². The van der Waals surface area contributed by atoms with E-state index in [4.69, 9.17) is 21.1 Å². The molecule has 0 aromatic heterocycles. The van der Waals surface area contributed by atoms with E-state index in [1.807, 2.05) is 23.1 Å². The SMILES string of the molecule is COc1cc(N(C)C(=O)c2ccccc2)ccc1C(=O)N(C)c1ccc(Cl)cc1OCCCCCC(=O)N1CCN(C)CC1. The normalized spacial score (nSPS) is 13.3. The highest BCUT2D eigenvalue weighted by atomic mass is 35.5. The molecule has 4 rings (SSSR count). The van der Waals surface area contributed by atoms with Crippen molar-refractivity contribution in [3.63, 3.8) is 0 Å². The van der Waals surface area contributed by atoms with Crippen LogP contribution in [-0.4, -0.2) is 88.6 Å². The fourth-order valence-corrected chi connectivity index (χ4v) is 5.24. The number of carbonyl (C=O) groups excluding carboxylic acids is 3. The molecular weight excluding hydrogens is 580 g/mol. The zero-order valence-corrected chi connectivity index (χ0v) is 26.7. The number of likely N-dealkylation sites (N-methyl/N-ethyl adjacent to an activating group) is 1. The molecule has 1 fully saturated rings. The molecule has 1 aliphatic rings. The van der Waals surface area contributed by atoms with Gasteiger partial charge < -0.3 is 29.1 Å². The Balaban J connectivity index is 1.36. The summed E-state index contributed by atoms with van der Waals surface area (Å²) in [6.45, 7) is 3.86. The van der Waals surface area contributed by atoms with Gasteiger partial charge >= 0.3 is 0 Å². The molecule has 0 unspecified atom stereocenters. The second kappa shape index (κ2) is 15.6. The summed E-state index contributed by atoms with van der Waals surface area (Å²) in [5.74, 6) is 0.572. The van der Waals surface area contributed by atoms with Crippen molar-refractivity contribution >= 4 is 40.7 Å². The van der Waals surface area contributed by atoms with Crippen molar-refractivity contribution in [2.45, 2.75) is 25.7 Å². The number of benzene rings is 3. The maximum atomic E-state index is 13.7. The molecule has 1 heterocycles. The summed E-state index contributed by atoms with van der Waals surface area (Å²) in [5, 5.41) is 0.496. The summed E-state index contributed by atoms with van der Waals surface area (Å²) in [4.78, 5) is 46.3. The predicted molar refractivity (Wildman–Crippen MR) is 174 cm³/mol. The van der Waals surface area contributed by atoms with Crippen LogP contribution in [0.5, 0.6) is 11.5 Å². The molecule has 0 N–H and O–H groups in total. The van der Waals surface area contributed by atoms with Gasteiger partial charge in [-0.05, 0) is 62.7 Å². The average Bonchev–Trinajstić information content (AvgIpc) is 3.05. The highest BCUT2D eigenvalue weighted by molar-refractivity contribution is 6.30. The molecule has 234 valence electrons. The number of unbranched alkanes of at least 4 members (excludes halogenated alkanes) is 2. The second-order valence-corrected chi connectivity index (χ2v) is 11.4. The number of amides is 3. The van der Waals surface area contributed by atoms with Gasteiger partial charge in [-0.15, -0.1) is 0 Å². The molecule has 0 radical (unpaired) electrons. The third-order valence-electron chi connectivity index (χ3n) is 7.86. The Morgan fingerprint density at radius 2 is 1.55 bits per heavy atom. The van der Waals surface area contributed by atoms with Gasteiger partial charge in [0.2, 0.25) is 5.91 Å². The van der Waals surface area contributed by atoms with E-state index in [0.29, 0.717) is 52.1 Å². The topological polar surface area (TPSA) is 82.6 Å². The van der Waals surface area contributed by atoms with E-state index in [1.54, 1.807) is 62.6 Å². The smallest absolute Gasteiger partial charge is 0.261 e. The summed E-state index contributed by atoms with van der Waals surface area (Å²) < 4.78 is 11.7. The van der Waals surface area contributed by atoms with Crippen LogP contribution in [0.4, 0.5) is 11.4 Å². The number of carbonyl (C=O) groups is 3. The van der Waals surface area contributed by atoms with Crippen LogP contribution < -0.4 is 19.3 Å². The first-order valence-electron chi connectivity index (χ1n) is 14.9. The number of hydrogen-bond acceptors (Lipinski definition) is 6. The quantitative estimate of drug-likeness (QED) is 0.245. The van der Waals surface area contributed by atoms with E-state index >= 15 is 0 Å². The molecule has 0 bridgehead atoms. The molecule has 10 heteroatoms. The van der Waals surface area contributed by atoms with Gasteiger partial charge in [-0.2, -0.15) is 0 Å². The van der Waals surface area contributed by atoms with Gasteiger partial charge in [-0.25, -0.2) is 0 Å². The van der Waals surface area contributed by atoms with E-state index in [2.05, 4.69) is 11.9 Å². The van der Waals surface area contributed by atoms with Crippen molar-refractivity contribution in [2.75, 3.05) is 70.8 Å². The third kappa shape index (κ3) is 8.30. The third-order valence-corrected chi connectivity index (χ3v) is 8.10. The van der Waals surface area contributed by atoms with Crippen LogP contribution in [0.1, 0.15) is 46.4 Å². The first-order valence-corrected chi connectivity index (χ1v) is 15.2. The molecule has 9 nitrogen and oxygen atoms in total. The molecule has 1 saturated heterocycles. The fourth-order valence-electron chi connectivity index (χ4n) is 5.08. The number of hydrogen-bond donors (Lipinski definition) is 0. The Hall–Kier alpha value is -4.08. The van der Waals surface area contributed by atoms with E-state index < -0.39 is 0 Å². The number of anilines is 2. The van der Waals surface area contributed by atoms with Crippen LogP contribution >= 0.6 is 11.6 Å². The molecule has 1 aliphatic heterocycles. The van der Waals surface area contributed by atoms with E-state index in [0.717, 1.165) is 45.4 Å². The van der Waals surface area contributed by atoms with Crippen molar-refractivity contribution in [1.29, 1.82) is 0 Å². The number of halogens is 1. The minimum atomic E-state index is -0.306. The fraction of sp³-hybridized carbons (Fsp3) is 0.382. The largest absolute Gasteiger partial charge is 0.496 e. The number of nitrogens with zero attached hydrogens (tertiary/aromatic N) is 4. The molecular formula is C34H41ClN4O5. The highest BCUT2D eigenvalue weighted by Gasteiger charge is 2.23. The molecule has 3 aromatic carbocycles. The van der Waals surface area contributed by atoms with Crippen molar-refractivity contribution < 1.29 is 23.9 Å². The van der Waals surface area contributed by atoms with Crippen molar-refractivity contribution in [1.82, 2.24) is 9.80 Å². The number of methoxy groups -OCH3 is 1. The van der Waals surface area contributed by atoms with E-state index in [9.17, 15) is 14.4 Å². The Labute approximate surface area is 264 Å². The molecule has 44 heavy (non-hydrogen) atoms. The van der Waals surface area contributed by atoms with Gasteiger partial charge in [-0.1, -0.05) is 29.8 Å². The molecule has 3 aromatic rings. The van der Waals surface area contributed by atoms with Gasteiger partial charge in [0, 0.05) is 75.1 Å². The summed E-state index contributed by atoms with van der Waals surface area (Å²) in [6, 6.07) is 19.2. The van der Waals surface area contributed by atoms with Gasteiger partial charge in [-0.3, -0.25) is 14.4 Å². The predicted octanol–water partition coefficient (Wildman–Crippen LogP) is 5.62. The van der Waals surface area contributed by atoms with Crippen LogP contribution in [0.2, 0.25) is 5.02 Å². The van der Waals surface area contributed by atoms with Gasteiger partial charge in [0.1, 0.15) is 11.5 Å². The van der Waals surface area contributed by atoms with Gasteiger partial charge in [0.15, 0.2) is 0 Å². The molecule has 3 amide bonds. The number of rotatable bonds is 12. The van der Waals surface area contributed by atoms with Crippen LogP contribution in [0.3, 0.4) is 0 Å². The Kier molecular flexibility index (Phi) is 11.6. The van der Waals surface area contributed by atoms with Crippen LogP contribution in [0.25, 0.3) is 0 Å². The highest BCUT2D eigenvalue weighted by Crippen LogP contribution is 2.34. The summed E-state index contributed by atoms with van der Waals surface area (Å²) >= 11 is 6.28. The minimum absolute atomic E-state index is 0.173. The minimum Gasteiger partial charge on any atom is -0.496 e. The lowest BCUT2D eigenvalue weighted by atomic mass is 10.1. The van der Waals surface area contributed by atoms with Gasteiger partial charge in [0.25, 0.3) is 11.8 Å². The second-order valence-electron chi connectivity index (χ2n) is 10.9. The van der Waals surface area contributed by atoms with Crippen LogP contribution in [0, 0.1) is 0 Å². The standard InChI is InChI=1S/C34H41ClN4O5/c1-36-18-20-39(21-19-36)32(40)13-9-6-10-22-44-31-23-26(35)14-17-29(31)38(3)34(42)28-16-15-27(24-30(28)43-4)37(2)33(41)25-11-7-5-8-12-25/h5,7-8,11-12,14-17,23-24H,6,9-10,13,18-22H2,1-4H3. The van der Waals surface area contributed by atoms with Crippen LogP contribution in [-0.2, 0) is 4.79 Å². The molecule has 0 aliphatic carbocycles. The first kappa shape index (κ1) is 32.8. The van der Waals surface area contributed by atoms with Crippen molar-refractivity contribution in [3.8, 4) is 11.5 Å². The number of ether oxygens (including phenoxy) is 2. The molecule has 0 atom stereocenters. The van der Waals surface area contributed by atoms with Gasteiger partial charge in [0.05, 0.1) is 25.0 Å². The summed E-state index contributed by atoms with van der Waals surface area (Å²) in [5.41, 5.74) is 2.05. The van der Waals surface area contributed by atoms with E-state index in [1.165, 1.54) is 16.9 Å². The Bertz CT molecular complexity index is 1440. The lowest BCUT2D eigenvalue weighted by Crippen LogP contribution is -2.47. The lowest BCUT2D eigenvalue weighted by Gasteiger charge is -2.32. The van der Waals surface area contributed by atoms with E-state index in [-0.39, 0.29) is 17.7 Å². The average molecular weight is 621 g/mol. The zero-order chi connectivity index (χ0) is 31.6. The Morgan fingerprint density at radius 1 is 0.818 bits per heavy atom. The first-order chi connectivity index (χ1) is 21.2. The summed E-state index contributed by atoms with van der Waals surface area (Å²) in [7, 11) is 6.91. The maximum absolute atomic E-state index is 13.7. The molecule has 0 spiro atoms. The summed E-state index contributed by atoms with van der Waals surface area (Å²) in [6.07, 6.45) is 2.97. The number of piperazine rings is 1. The monoisotopic (exact) mass is 620 g/mol. The zero-order valence-electron chi connectivity index (χ0n) is 25.9. The van der Waals surface area contributed by atoms with Crippen molar-refractivity contribution in [3.05, 3.63) is 82.9 Å². The molecule has 0 saturated carbocycles. The van der Waals surface area contributed by atoms with Crippen LogP contribution in [0.15, 0.2) is 66.7 Å². The maximum Gasteiger partial charge on any atom is 0.261 e. The Morgan fingerprint density at radius 3 is 2.25 bits per heavy atom. The lowest BCUT2D eigenvalue weighted by molar-refractivity contribution is -0.132.